The molecule has 1 atom stereocenters. The van der Waals surface area contributed by atoms with Crippen LogP contribution in [0.1, 0.15) is 12.2 Å². The molecule has 6 nitrogen and oxygen atoms in total. The molecule has 8 heteroatoms. The van der Waals surface area contributed by atoms with Crippen LogP contribution in [0, 0.1) is 6.92 Å². The van der Waals surface area contributed by atoms with E-state index in [0.29, 0.717) is 35.7 Å². The fourth-order valence-corrected chi connectivity index (χ4v) is 4.61. The Morgan fingerprint density at radius 3 is 2.96 bits per heavy atom. The lowest BCUT2D eigenvalue weighted by molar-refractivity contribution is -0.132. The maximum Gasteiger partial charge on any atom is 0.280 e. The zero-order chi connectivity index (χ0) is 18.3. The minimum Gasteiger partial charge on any atom is -0.337 e. The Bertz CT molecular complexity index is 966. The van der Waals surface area contributed by atoms with Gasteiger partial charge < -0.3 is 9.47 Å². The number of nitrogens with one attached hydrogen (secondary N) is 1. The minimum absolute atomic E-state index is 0.0753. The van der Waals surface area contributed by atoms with Gasteiger partial charge in [0, 0.05) is 41.9 Å². The van der Waals surface area contributed by atoms with Gasteiger partial charge in [0.05, 0.1) is 16.9 Å². The largest absolute Gasteiger partial charge is 0.337 e. The number of fused-ring (bicyclic) bond motifs is 1. The fourth-order valence-electron chi connectivity index (χ4n) is 3.50. The number of thioether (sulfide) groups is 1. The van der Waals surface area contributed by atoms with Crippen molar-refractivity contribution in [2.75, 3.05) is 24.7 Å². The van der Waals surface area contributed by atoms with Crippen LogP contribution in [0.2, 0.25) is 5.02 Å². The van der Waals surface area contributed by atoms with Crippen molar-refractivity contribution in [3.63, 3.8) is 0 Å². The van der Waals surface area contributed by atoms with Crippen molar-refractivity contribution >= 4 is 45.9 Å². The van der Waals surface area contributed by atoms with E-state index in [9.17, 15) is 9.59 Å². The fraction of sp³-hybridized carbons (Fsp3) is 0.389. The Morgan fingerprint density at radius 2 is 2.27 bits per heavy atom. The minimum atomic E-state index is -0.269. The van der Waals surface area contributed by atoms with E-state index in [4.69, 9.17) is 11.6 Å². The van der Waals surface area contributed by atoms with E-state index >= 15 is 0 Å². The van der Waals surface area contributed by atoms with Crippen molar-refractivity contribution < 1.29 is 4.79 Å². The summed E-state index contributed by atoms with van der Waals surface area (Å²) in [6, 6.07) is 5.21. The van der Waals surface area contributed by atoms with Crippen LogP contribution in [0.15, 0.2) is 29.1 Å². The first kappa shape index (κ1) is 17.6. The third-order valence-electron chi connectivity index (χ3n) is 4.82. The highest BCUT2D eigenvalue weighted by Crippen LogP contribution is 2.25. The summed E-state index contributed by atoms with van der Waals surface area (Å²) in [6.07, 6.45) is 2.77. The monoisotopic (exact) mass is 390 g/mol. The lowest BCUT2D eigenvalue weighted by atomic mass is 10.1. The highest BCUT2D eigenvalue weighted by molar-refractivity contribution is 7.99. The van der Waals surface area contributed by atoms with Crippen LogP contribution in [-0.2, 0) is 4.79 Å². The number of aryl methyl sites for hydroxylation is 1. The van der Waals surface area contributed by atoms with Gasteiger partial charge in [-0.1, -0.05) is 11.6 Å². The number of hydrogen-bond acceptors (Lipinski definition) is 5. The average molecular weight is 391 g/mol. The third kappa shape index (κ3) is 3.15. The summed E-state index contributed by atoms with van der Waals surface area (Å²) in [5.74, 6) is 2.48. The van der Waals surface area contributed by atoms with Gasteiger partial charge in [0.15, 0.2) is 0 Å². The van der Waals surface area contributed by atoms with Gasteiger partial charge >= 0.3 is 0 Å². The Hall–Kier alpha value is -1.83. The predicted octanol–water partition coefficient (Wildman–Crippen LogP) is 2.09. The molecule has 1 amide bonds. The van der Waals surface area contributed by atoms with Gasteiger partial charge in [-0.15, -0.1) is 11.8 Å². The smallest absolute Gasteiger partial charge is 0.280 e. The summed E-state index contributed by atoms with van der Waals surface area (Å²) >= 11 is 7.79. The first-order chi connectivity index (χ1) is 12.5. The number of rotatable bonds is 2. The van der Waals surface area contributed by atoms with Gasteiger partial charge in [0.25, 0.3) is 5.56 Å². The van der Waals surface area contributed by atoms with Crippen LogP contribution in [0.25, 0.3) is 16.6 Å². The van der Waals surface area contributed by atoms with Crippen molar-refractivity contribution in [1.82, 2.24) is 19.8 Å². The van der Waals surface area contributed by atoms with Crippen LogP contribution in [0.4, 0.5) is 0 Å². The van der Waals surface area contributed by atoms with Crippen LogP contribution in [0.5, 0.6) is 0 Å². The molecule has 1 saturated heterocycles. The van der Waals surface area contributed by atoms with E-state index < -0.39 is 0 Å². The number of halogens is 1. The van der Waals surface area contributed by atoms with Crippen LogP contribution in [-0.4, -0.2) is 51.1 Å². The van der Waals surface area contributed by atoms with Crippen molar-refractivity contribution in [3.05, 3.63) is 45.5 Å². The Balaban J connectivity index is 1.66. The molecule has 2 aromatic rings. The van der Waals surface area contributed by atoms with Gasteiger partial charge in [-0.3, -0.25) is 14.9 Å². The Labute approximate surface area is 160 Å². The molecule has 0 saturated carbocycles. The summed E-state index contributed by atoms with van der Waals surface area (Å²) in [5, 5.41) is 4.26. The molecule has 136 valence electrons. The molecule has 4 rings (SSSR count). The quantitative estimate of drug-likeness (QED) is 0.850. The van der Waals surface area contributed by atoms with Crippen molar-refractivity contribution in [1.29, 1.82) is 0 Å². The second-order valence-corrected chi connectivity index (χ2v) is 7.93. The van der Waals surface area contributed by atoms with E-state index in [1.807, 2.05) is 22.5 Å². The van der Waals surface area contributed by atoms with Crippen LogP contribution in [0.3, 0.4) is 0 Å². The first-order valence-electron chi connectivity index (χ1n) is 8.53. The Kier molecular flexibility index (Phi) is 4.77. The molecule has 1 fully saturated rings. The molecule has 26 heavy (non-hydrogen) atoms. The van der Waals surface area contributed by atoms with E-state index in [1.54, 1.807) is 23.9 Å². The van der Waals surface area contributed by atoms with Gasteiger partial charge in [0.1, 0.15) is 5.82 Å². The number of nitrogens with zero attached hydrogens (tertiary/aromatic N) is 3. The number of amides is 1. The molecular formula is C18H19ClN4O2S. The number of benzene rings is 1. The SMILES string of the molecule is Cc1nc(=O)c2cc(Cl)ccc2n1C1=CCN(C(=O)[C@H]2CSCN2)CC1. The number of aromatic nitrogens is 2. The second-order valence-electron chi connectivity index (χ2n) is 6.46. The van der Waals surface area contributed by atoms with E-state index in [2.05, 4.69) is 16.4 Å². The van der Waals surface area contributed by atoms with E-state index in [1.165, 1.54) is 0 Å². The van der Waals surface area contributed by atoms with Gasteiger partial charge in [0.2, 0.25) is 5.91 Å². The topological polar surface area (TPSA) is 67.2 Å². The molecule has 1 aromatic carbocycles. The molecule has 0 bridgehead atoms. The van der Waals surface area contributed by atoms with E-state index in [0.717, 1.165) is 22.8 Å². The molecule has 2 aliphatic rings. The molecule has 2 aliphatic heterocycles. The molecular weight excluding hydrogens is 372 g/mol. The van der Waals surface area contributed by atoms with Crippen LogP contribution < -0.4 is 10.9 Å². The maximum atomic E-state index is 12.6. The first-order valence-corrected chi connectivity index (χ1v) is 10.1. The molecule has 0 aliphatic carbocycles. The summed E-state index contributed by atoms with van der Waals surface area (Å²) in [4.78, 5) is 30.8. The van der Waals surface area contributed by atoms with E-state index in [-0.39, 0.29) is 17.5 Å². The van der Waals surface area contributed by atoms with Crippen molar-refractivity contribution in [2.24, 2.45) is 0 Å². The lowest BCUT2D eigenvalue weighted by Crippen LogP contribution is -2.46. The lowest BCUT2D eigenvalue weighted by Gasteiger charge is -2.30. The summed E-state index contributed by atoms with van der Waals surface area (Å²) in [6.45, 7) is 3.05. The zero-order valence-corrected chi connectivity index (χ0v) is 15.9. The number of hydrogen-bond donors (Lipinski definition) is 1. The van der Waals surface area contributed by atoms with Gasteiger partial charge in [-0.25, -0.2) is 0 Å². The predicted molar refractivity (Wildman–Crippen MR) is 105 cm³/mol. The number of carbonyl (C=O) groups is 1. The summed E-state index contributed by atoms with van der Waals surface area (Å²) < 4.78 is 2.00. The standard InChI is InChI=1S/C18H19ClN4O2S/c1-11-21-17(24)14-8-12(19)2-3-16(14)23(11)13-4-6-22(7-5-13)18(25)15-9-26-10-20-15/h2-4,8,15,20H,5-7,9-10H2,1H3/t15-/m1/s1. The van der Waals surface area contributed by atoms with Crippen LogP contribution >= 0.6 is 23.4 Å². The number of carbonyl (C=O) groups excluding carboxylic acids is 1. The normalized spacial score (nSPS) is 20.5. The molecule has 0 spiro atoms. The molecule has 1 aromatic heterocycles. The van der Waals surface area contributed by atoms with Crippen molar-refractivity contribution in [3.8, 4) is 0 Å². The maximum absolute atomic E-state index is 12.6. The Morgan fingerprint density at radius 1 is 1.42 bits per heavy atom. The highest BCUT2D eigenvalue weighted by atomic mass is 35.5. The van der Waals surface area contributed by atoms with Crippen molar-refractivity contribution in [2.45, 2.75) is 19.4 Å². The zero-order valence-electron chi connectivity index (χ0n) is 14.4. The van der Waals surface area contributed by atoms with Gasteiger partial charge in [-0.05, 0) is 31.2 Å². The molecule has 0 unspecified atom stereocenters. The molecule has 3 heterocycles. The molecule has 0 radical (unpaired) electrons. The summed E-state index contributed by atoms with van der Waals surface area (Å²) in [7, 11) is 0. The highest BCUT2D eigenvalue weighted by Gasteiger charge is 2.28. The van der Waals surface area contributed by atoms with Gasteiger partial charge in [-0.2, -0.15) is 4.98 Å². The third-order valence-corrected chi connectivity index (χ3v) is 5.99. The summed E-state index contributed by atoms with van der Waals surface area (Å²) in [5.41, 5.74) is 1.58. The average Bonchev–Trinajstić information content (AvgIpc) is 3.17. The second kappa shape index (κ2) is 7.06. The molecule has 1 N–H and O–H groups in total.